The summed E-state index contributed by atoms with van der Waals surface area (Å²) in [4.78, 5) is 11.7. The summed E-state index contributed by atoms with van der Waals surface area (Å²) in [6, 6.07) is 4.88. The summed E-state index contributed by atoms with van der Waals surface area (Å²) in [7, 11) is 0. The van der Waals surface area contributed by atoms with Crippen molar-refractivity contribution < 1.29 is 14.6 Å². The Bertz CT molecular complexity index is 414. The summed E-state index contributed by atoms with van der Waals surface area (Å²) in [5, 5.41) is 9.78. The van der Waals surface area contributed by atoms with Crippen LogP contribution in [0.1, 0.15) is 36.7 Å². The molecule has 0 aliphatic carbocycles. The number of aromatic hydroxyl groups is 1. The van der Waals surface area contributed by atoms with Crippen molar-refractivity contribution in [3.05, 3.63) is 35.9 Å². The van der Waals surface area contributed by atoms with E-state index in [4.69, 9.17) is 4.74 Å². The van der Waals surface area contributed by atoms with Gasteiger partial charge in [-0.1, -0.05) is 24.8 Å². The lowest BCUT2D eigenvalue weighted by Crippen LogP contribution is -2.24. The highest BCUT2D eigenvalue weighted by Crippen LogP contribution is 2.25. The van der Waals surface area contributed by atoms with E-state index in [9.17, 15) is 9.90 Å². The Balaban J connectivity index is 3.05. The molecular weight excluding hydrogens is 204 g/mol. The second kappa shape index (κ2) is 4.39. The smallest absolute Gasteiger partial charge is 0.342 e. The molecule has 3 heteroatoms. The highest BCUT2D eigenvalue weighted by molar-refractivity contribution is 5.94. The Morgan fingerprint density at radius 2 is 2.06 bits per heavy atom. The van der Waals surface area contributed by atoms with Crippen LogP contribution in [-0.2, 0) is 4.74 Å². The molecule has 0 unspecified atom stereocenters. The number of rotatable bonds is 2. The second-order valence-corrected chi connectivity index (χ2v) is 4.45. The van der Waals surface area contributed by atoms with Gasteiger partial charge >= 0.3 is 5.97 Å². The largest absolute Gasteiger partial charge is 0.506 e. The van der Waals surface area contributed by atoms with Gasteiger partial charge in [-0.15, -0.1) is 0 Å². The Labute approximate surface area is 95.4 Å². The first-order valence-electron chi connectivity index (χ1n) is 5.03. The van der Waals surface area contributed by atoms with Crippen molar-refractivity contribution in [2.24, 2.45) is 0 Å². The molecular formula is C13H16O3. The predicted octanol–water partition coefficient (Wildman–Crippen LogP) is 2.99. The van der Waals surface area contributed by atoms with Crippen molar-refractivity contribution in [2.45, 2.75) is 26.4 Å². The average Bonchev–Trinajstić information content (AvgIpc) is 2.15. The number of para-hydroxylation sites is 1. The molecule has 1 N–H and O–H groups in total. The van der Waals surface area contributed by atoms with Gasteiger partial charge in [0.05, 0.1) is 0 Å². The van der Waals surface area contributed by atoms with E-state index in [0.717, 1.165) is 0 Å². The fraction of sp³-hybridized carbons (Fsp3) is 0.308. The number of esters is 1. The third-order valence-corrected chi connectivity index (χ3v) is 1.91. The average molecular weight is 220 g/mol. The van der Waals surface area contributed by atoms with Crippen LogP contribution < -0.4 is 0 Å². The van der Waals surface area contributed by atoms with Gasteiger partial charge in [-0.05, 0) is 26.8 Å². The van der Waals surface area contributed by atoms with Gasteiger partial charge in [-0.25, -0.2) is 4.79 Å². The molecule has 0 saturated heterocycles. The summed E-state index contributed by atoms with van der Waals surface area (Å²) in [5.41, 5.74) is 0.101. The van der Waals surface area contributed by atoms with E-state index >= 15 is 0 Å². The normalized spacial score (nSPS) is 10.9. The Kier molecular flexibility index (Phi) is 3.38. The highest BCUT2D eigenvalue weighted by Gasteiger charge is 2.20. The SMILES string of the molecule is C=Cc1cccc(C(=O)OC(C)(C)C)c1O. The maximum atomic E-state index is 11.7. The molecule has 0 bridgehead atoms. The van der Waals surface area contributed by atoms with Crippen LogP contribution in [0.3, 0.4) is 0 Å². The summed E-state index contributed by atoms with van der Waals surface area (Å²) in [5.74, 6) is -0.625. The minimum atomic E-state index is -0.576. The first-order chi connectivity index (χ1) is 7.35. The van der Waals surface area contributed by atoms with Gasteiger partial charge in [-0.3, -0.25) is 0 Å². The molecule has 16 heavy (non-hydrogen) atoms. The minimum Gasteiger partial charge on any atom is -0.506 e. The zero-order chi connectivity index (χ0) is 12.3. The number of ether oxygens (including phenoxy) is 1. The van der Waals surface area contributed by atoms with E-state index in [1.807, 2.05) is 0 Å². The molecule has 0 radical (unpaired) electrons. The van der Waals surface area contributed by atoms with Crippen LogP contribution in [0, 0.1) is 0 Å². The Morgan fingerprint density at radius 3 is 2.56 bits per heavy atom. The molecule has 0 amide bonds. The van der Waals surface area contributed by atoms with Gasteiger partial charge < -0.3 is 9.84 Å². The number of hydrogen-bond donors (Lipinski definition) is 1. The van der Waals surface area contributed by atoms with Crippen LogP contribution in [0.5, 0.6) is 5.75 Å². The zero-order valence-electron chi connectivity index (χ0n) is 9.78. The number of phenolic OH excluding ortho intramolecular Hbond substituents is 1. The van der Waals surface area contributed by atoms with Crippen LogP contribution in [-0.4, -0.2) is 16.7 Å². The molecule has 0 heterocycles. The lowest BCUT2D eigenvalue weighted by Gasteiger charge is -2.20. The van der Waals surface area contributed by atoms with Crippen LogP contribution in [0.15, 0.2) is 24.8 Å². The maximum absolute atomic E-state index is 11.7. The molecule has 0 aliphatic rings. The van der Waals surface area contributed by atoms with Gasteiger partial charge in [0.1, 0.15) is 16.9 Å². The highest BCUT2D eigenvalue weighted by atomic mass is 16.6. The Hall–Kier alpha value is -1.77. The number of carbonyl (C=O) groups excluding carboxylic acids is 1. The first-order valence-corrected chi connectivity index (χ1v) is 5.03. The van der Waals surface area contributed by atoms with Crippen LogP contribution >= 0.6 is 0 Å². The van der Waals surface area contributed by atoms with Crippen molar-refractivity contribution in [1.82, 2.24) is 0 Å². The third-order valence-electron chi connectivity index (χ3n) is 1.91. The zero-order valence-corrected chi connectivity index (χ0v) is 9.78. The predicted molar refractivity (Wildman–Crippen MR) is 63.4 cm³/mol. The molecule has 1 rings (SSSR count). The van der Waals surface area contributed by atoms with Gasteiger partial charge in [0, 0.05) is 5.56 Å². The van der Waals surface area contributed by atoms with E-state index in [1.165, 1.54) is 12.1 Å². The molecule has 0 aromatic heterocycles. The molecule has 0 spiro atoms. The molecule has 3 nitrogen and oxygen atoms in total. The van der Waals surface area contributed by atoms with E-state index in [0.29, 0.717) is 5.56 Å². The van der Waals surface area contributed by atoms with Gasteiger partial charge in [-0.2, -0.15) is 0 Å². The van der Waals surface area contributed by atoms with Crippen LogP contribution in [0.2, 0.25) is 0 Å². The number of carbonyl (C=O) groups is 1. The van der Waals surface area contributed by atoms with Gasteiger partial charge in [0.15, 0.2) is 0 Å². The summed E-state index contributed by atoms with van der Waals surface area (Å²) in [6.07, 6.45) is 1.49. The topological polar surface area (TPSA) is 46.5 Å². The second-order valence-electron chi connectivity index (χ2n) is 4.45. The lowest BCUT2D eigenvalue weighted by atomic mass is 10.1. The Morgan fingerprint density at radius 1 is 1.44 bits per heavy atom. The number of phenols is 1. The first kappa shape index (κ1) is 12.3. The molecule has 0 atom stereocenters. The maximum Gasteiger partial charge on any atom is 0.342 e. The molecule has 86 valence electrons. The van der Waals surface area contributed by atoms with Crippen LogP contribution in [0.4, 0.5) is 0 Å². The van der Waals surface area contributed by atoms with Crippen molar-refractivity contribution in [2.75, 3.05) is 0 Å². The summed E-state index contributed by atoms with van der Waals surface area (Å²) in [6.45, 7) is 8.89. The van der Waals surface area contributed by atoms with E-state index < -0.39 is 11.6 Å². The van der Waals surface area contributed by atoms with Gasteiger partial charge in [0.2, 0.25) is 0 Å². The lowest BCUT2D eigenvalue weighted by molar-refractivity contribution is 0.00668. The van der Waals surface area contributed by atoms with Crippen molar-refractivity contribution >= 4 is 12.0 Å². The summed E-state index contributed by atoms with van der Waals surface area (Å²) < 4.78 is 5.17. The standard InChI is InChI=1S/C13H16O3/c1-5-9-7-6-8-10(11(9)14)12(15)16-13(2,3)4/h5-8,14H,1H2,2-4H3. The van der Waals surface area contributed by atoms with Crippen molar-refractivity contribution in [3.63, 3.8) is 0 Å². The minimum absolute atomic E-state index is 0.0910. The summed E-state index contributed by atoms with van der Waals surface area (Å²) >= 11 is 0. The van der Waals surface area contributed by atoms with E-state index in [-0.39, 0.29) is 11.3 Å². The fourth-order valence-corrected chi connectivity index (χ4v) is 1.22. The molecule has 0 aliphatic heterocycles. The molecule has 1 aromatic rings. The molecule has 1 aromatic carbocycles. The van der Waals surface area contributed by atoms with E-state index in [1.54, 1.807) is 32.9 Å². The van der Waals surface area contributed by atoms with Crippen molar-refractivity contribution in [3.8, 4) is 5.75 Å². The van der Waals surface area contributed by atoms with E-state index in [2.05, 4.69) is 6.58 Å². The third kappa shape index (κ3) is 2.86. The van der Waals surface area contributed by atoms with Crippen LogP contribution in [0.25, 0.3) is 6.08 Å². The quantitative estimate of drug-likeness (QED) is 0.779. The number of benzene rings is 1. The molecule has 0 saturated carbocycles. The molecule has 0 fully saturated rings. The fourth-order valence-electron chi connectivity index (χ4n) is 1.22. The van der Waals surface area contributed by atoms with Crippen molar-refractivity contribution in [1.29, 1.82) is 0 Å². The monoisotopic (exact) mass is 220 g/mol. The number of hydrogen-bond acceptors (Lipinski definition) is 3. The van der Waals surface area contributed by atoms with Gasteiger partial charge in [0.25, 0.3) is 0 Å².